The highest BCUT2D eigenvalue weighted by atomic mass is 32.1. The summed E-state index contributed by atoms with van der Waals surface area (Å²) in [5.74, 6) is -0.204. The molecule has 4 rings (SSSR count). The highest BCUT2D eigenvalue weighted by molar-refractivity contribution is 7.17. The lowest BCUT2D eigenvalue weighted by atomic mass is 9.95. The van der Waals surface area contributed by atoms with Crippen LogP contribution in [0.3, 0.4) is 0 Å². The van der Waals surface area contributed by atoms with Crippen LogP contribution in [0.2, 0.25) is 0 Å². The molecule has 138 valence electrons. The maximum atomic E-state index is 13.2. The summed E-state index contributed by atoms with van der Waals surface area (Å²) in [4.78, 5) is 26.4. The largest absolute Gasteiger partial charge is 0.321 e. The molecule has 2 amide bonds. The number of anilines is 2. The normalized spacial score (nSPS) is 13.2. The lowest BCUT2D eigenvalue weighted by Crippen LogP contribution is -2.18. The van der Waals surface area contributed by atoms with Crippen molar-refractivity contribution in [2.45, 2.75) is 39.0 Å². The average Bonchev–Trinajstić information content (AvgIpc) is 3.06. The van der Waals surface area contributed by atoms with Crippen LogP contribution in [0.1, 0.15) is 47.0 Å². The number of rotatable bonds is 4. The Balaban J connectivity index is 1.72. The zero-order chi connectivity index (χ0) is 18.8. The Morgan fingerprint density at radius 1 is 1.00 bits per heavy atom. The van der Waals surface area contributed by atoms with Gasteiger partial charge in [0.05, 0.1) is 5.56 Å². The van der Waals surface area contributed by atoms with E-state index in [1.165, 1.54) is 4.88 Å². The first-order chi connectivity index (χ1) is 13.2. The third-order valence-electron chi connectivity index (χ3n) is 5.01. The van der Waals surface area contributed by atoms with E-state index in [9.17, 15) is 9.59 Å². The van der Waals surface area contributed by atoms with Gasteiger partial charge in [-0.05, 0) is 42.7 Å². The molecule has 2 N–H and O–H groups in total. The minimum atomic E-state index is -0.142. The molecular formula is C22H22N2O2S. The van der Waals surface area contributed by atoms with Gasteiger partial charge in [-0.15, -0.1) is 11.3 Å². The van der Waals surface area contributed by atoms with Crippen LogP contribution < -0.4 is 10.6 Å². The Morgan fingerprint density at radius 3 is 2.63 bits per heavy atom. The molecule has 0 fully saturated rings. The fraction of sp³-hybridized carbons (Fsp3) is 0.273. The first-order valence-electron chi connectivity index (χ1n) is 9.41. The fourth-order valence-corrected chi connectivity index (χ4v) is 4.93. The van der Waals surface area contributed by atoms with Crippen LogP contribution in [0.4, 0.5) is 10.7 Å². The molecule has 0 saturated carbocycles. The number of hydrogen-bond donors (Lipinski definition) is 2. The van der Waals surface area contributed by atoms with Crippen molar-refractivity contribution in [3.05, 3.63) is 58.5 Å². The Labute approximate surface area is 162 Å². The predicted octanol–water partition coefficient (Wildman–Crippen LogP) is 5.38. The van der Waals surface area contributed by atoms with Crippen LogP contribution in [0.15, 0.2) is 42.5 Å². The van der Waals surface area contributed by atoms with E-state index in [-0.39, 0.29) is 11.8 Å². The van der Waals surface area contributed by atoms with Gasteiger partial charge in [-0.1, -0.05) is 43.3 Å². The zero-order valence-electron chi connectivity index (χ0n) is 15.3. The highest BCUT2D eigenvalue weighted by Gasteiger charge is 2.26. The molecule has 5 heteroatoms. The second-order valence-corrected chi connectivity index (χ2v) is 7.90. The van der Waals surface area contributed by atoms with E-state index in [4.69, 9.17) is 0 Å². The summed E-state index contributed by atoms with van der Waals surface area (Å²) in [6.45, 7) is 1.82. The number of nitrogens with one attached hydrogen (secondary N) is 2. The first kappa shape index (κ1) is 17.7. The molecule has 1 aliphatic carbocycles. The lowest BCUT2D eigenvalue weighted by Gasteiger charge is -2.14. The molecule has 0 aliphatic heterocycles. The summed E-state index contributed by atoms with van der Waals surface area (Å²) in [7, 11) is 0. The average molecular weight is 378 g/mol. The van der Waals surface area contributed by atoms with Gasteiger partial charge >= 0.3 is 0 Å². The van der Waals surface area contributed by atoms with Gasteiger partial charge in [-0.2, -0.15) is 0 Å². The molecule has 0 saturated heterocycles. The maximum absolute atomic E-state index is 13.2. The summed E-state index contributed by atoms with van der Waals surface area (Å²) in [5, 5.41) is 8.81. The second kappa shape index (κ2) is 7.53. The number of carbonyl (C=O) groups excluding carboxylic acids is 2. The summed E-state index contributed by atoms with van der Waals surface area (Å²) in [6.07, 6.45) is 4.49. The van der Waals surface area contributed by atoms with Gasteiger partial charge in [0.25, 0.3) is 5.91 Å². The quantitative estimate of drug-likeness (QED) is 0.640. The number of fused-ring (bicyclic) bond motifs is 2. The molecule has 4 nitrogen and oxygen atoms in total. The van der Waals surface area contributed by atoms with Gasteiger partial charge in [0.2, 0.25) is 5.91 Å². The number of thiophene rings is 1. The van der Waals surface area contributed by atoms with Gasteiger partial charge < -0.3 is 10.6 Å². The van der Waals surface area contributed by atoms with E-state index < -0.39 is 0 Å². The molecule has 0 bridgehead atoms. The lowest BCUT2D eigenvalue weighted by molar-refractivity contribution is -0.115. The molecule has 0 spiro atoms. The van der Waals surface area contributed by atoms with E-state index in [1.54, 1.807) is 11.3 Å². The molecular weight excluding hydrogens is 356 g/mol. The fourth-order valence-electron chi connectivity index (χ4n) is 3.63. The Bertz CT molecular complexity index is 1020. The highest BCUT2D eigenvalue weighted by Crippen LogP contribution is 2.39. The van der Waals surface area contributed by atoms with Crippen molar-refractivity contribution < 1.29 is 9.59 Å². The van der Waals surface area contributed by atoms with Crippen LogP contribution in [-0.2, 0) is 17.6 Å². The van der Waals surface area contributed by atoms with Crippen LogP contribution in [0.25, 0.3) is 10.8 Å². The third kappa shape index (κ3) is 3.47. The molecule has 1 aliphatic rings. The number of amides is 2. The van der Waals surface area contributed by atoms with E-state index >= 15 is 0 Å². The number of benzene rings is 2. The molecule has 0 atom stereocenters. The SMILES string of the molecule is CCC(=O)Nc1sc2c(c1C(=O)Nc1cccc3ccccc13)CCCC2. The molecule has 2 aromatic carbocycles. The van der Waals surface area contributed by atoms with Crippen LogP contribution in [0.5, 0.6) is 0 Å². The van der Waals surface area contributed by atoms with Crippen molar-refractivity contribution >= 4 is 44.6 Å². The molecule has 1 aromatic heterocycles. The van der Waals surface area contributed by atoms with Crippen molar-refractivity contribution in [2.75, 3.05) is 10.6 Å². The van der Waals surface area contributed by atoms with Gasteiger partial charge in [-0.25, -0.2) is 0 Å². The van der Waals surface area contributed by atoms with Gasteiger partial charge in [-0.3, -0.25) is 9.59 Å². The summed E-state index contributed by atoms with van der Waals surface area (Å²) in [5.41, 5.74) is 2.54. The summed E-state index contributed by atoms with van der Waals surface area (Å²) >= 11 is 1.56. The zero-order valence-corrected chi connectivity index (χ0v) is 16.1. The standard InChI is InChI=1S/C22H22N2O2S/c1-2-19(25)24-22-20(16-11-5-6-13-18(16)27-22)21(26)23-17-12-7-9-14-8-3-4-10-15(14)17/h3-4,7-10,12H,2,5-6,11,13H2,1H3,(H,23,26)(H,24,25). The minimum Gasteiger partial charge on any atom is -0.321 e. The van der Waals surface area contributed by atoms with Crippen LogP contribution in [-0.4, -0.2) is 11.8 Å². The molecule has 0 radical (unpaired) electrons. The topological polar surface area (TPSA) is 58.2 Å². The van der Waals surface area contributed by atoms with Crippen molar-refractivity contribution in [1.82, 2.24) is 0 Å². The Morgan fingerprint density at radius 2 is 1.78 bits per heavy atom. The Hall–Kier alpha value is -2.66. The van der Waals surface area contributed by atoms with Crippen LogP contribution in [0, 0.1) is 0 Å². The van der Waals surface area contributed by atoms with Crippen molar-refractivity contribution in [3.8, 4) is 0 Å². The third-order valence-corrected chi connectivity index (χ3v) is 6.22. The van der Waals surface area contributed by atoms with Gasteiger partial charge in [0.1, 0.15) is 5.00 Å². The van der Waals surface area contributed by atoms with E-state index in [1.807, 2.05) is 49.4 Å². The number of aryl methyl sites for hydroxylation is 1. The van der Waals surface area contributed by atoms with E-state index in [2.05, 4.69) is 10.6 Å². The minimum absolute atomic E-state index is 0.0622. The Kier molecular flexibility index (Phi) is 4.94. The van der Waals surface area contributed by atoms with Crippen molar-refractivity contribution in [2.24, 2.45) is 0 Å². The van der Waals surface area contributed by atoms with E-state index in [0.29, 0.717) is 17.0 Å². The first-order valence-corrected chi connectivity index (χ1v) is 10.2. The summed E-state index contributed by atoms with van der Waals surface area (Å²) in [6, 6.07) is 13.9. The molecule has 0 unspecified atom stereocenters. The number of hydrogen-bond acceptors (Lipinski definition) is 3. The molecule has 1 heterocycles. The second-order valence-electron chi connectivity index (χ2n) is 6.80. The van der Waals surface area contributed by atoms with Crippen molar-refractivity contribution in [1.29, 1.82) is 0 Å². The number of carbonyl (C=O) groups is 2. The summed E-state index contributed by atoms with van der Waals surface area (Å²) < 4.78 is 0. The van der Waals surface area contributed by atoms with Gasteiger partial charge in [0, 0.05) is 22.4 Å². The molecule has 3 aromatic rings. The van der Waals surface area contributed by atoms with E-state index in [0.717, 1.165) is 47.7 Å². The van der Waals surface area contributed by atoms with Gasteiger partial charge in [0.15, 0.2) is 0 Å². The predicted molar refractivity (Wildman–Crippen MR) is 112 cm³/mol. The monoisotopic (exact) mass is 378 g/mol. The molecule has 27 heavy (non-hydrogen) atoms. The van der Waals surface area contributed by atoms with Crippen molar-refractivity contribution in [3.63, 3.8) is 0 Å². The maximum Gasteiger partial charge on any atom is 0.258 e. The van der Waals surface area contributed by atoms with Crippen LogP contribution >= 0.6 is 11.3 Å². The smallest absolute Gasteiger partial charge is 0.258 e.